The van der Waals surface area contributed by atoms with Gasteiger partial charge >= 0.3 is 12.3 Å². The van der Waals surface area contributed by atoms with Gasteiger partial charge in [-0.25, -0.2) is 4.79 Å². The largest absolute Gasteiger partial charge is 0.444 e. The van der Waals surface area contributed by atoms with Crippen LogP contribution in [-0.2, 0) is 4.74 Å². The number of hydrogen-bond donors (Lipinski definition) is 1. The third-order valence-electron chi connectivity index (χ3n) is 2.75. The van der Waals surface area contributed by atoms with Crippen LogP contribution in [0.25, 0.3) is 0 Å². The number of rotatable bonds is 1. The lowest BCUT2D eigenvalue weighted by Gasteiger charge is -2.24. The molecule has 0 aromatic carbocycles. The van der Waals surface area contributed by atoms with E-state index in [1.54, 1.807) is 20.8 Å². The second-order valence-corrected chi connectivity index (χ2v) is 5.58. The van der Waals surface area contributed by atoms with Gasteiger partial charge in [-0.15, -0.1) is 0 Å². The molecule has 2 unspecified atom stereocenters. The lowest BCUT2D eigenvalue weighted by molar-refractivity contribution is -0.102. The van der Waals surface area contributed by atoms with Crippen molar-refractivity contribution in [2.75, 3.05) is 13.1 Å². The molecule has 7 heteroatoms. The number of alkyl halides is 3. The molecule has 1 rings (SSSR count). The van der Waals surface area contributed by atoms with Crippen LogP contribution in [0.4, 0.5) is 18.0 Å². The lowest BCUT2D eigenvalue weighted by atomic mass is 9.97. The highest BCUT2D eigenvalue weighted by Gasteiger charge is 2.45. The SMILES string of the molecule is C=C(C1CN(C(=O)OC(C)(C)C)CC1O)C(F)(F)F. The summed E-state index contributed by atoms with van der Waals surface area (Å²) in [5.74, 6) is -1.20. The van der Waals surface area contributed by atoms with Gasteiger partial charge in [0.2, 0.25) is 0 Å². The molecule has 0 spiro atoms. The minimum absolute atomic E-state index is 0.186. The Bertz CT molecular complexity index is 373. The van der Waals surface area contributed by atoms with E-state index in [-0.39, 0.29) is 13.1 Å². The fraction of sp³-hybridized carbons (Fsp3) is 0.750. The van der Waals surface area contributed by atoms with E-state index in [0.29, 0.717) is 0 Å². The molecule has 0 aromatic heterocycles. The highest BCUT2D eigenvalue weighted by Crippen LogP contribution is 2.35. The summed E-state index contributed by atoms with van der Waals surface area (Å²) in [6.45, 7) is 7.50. The zero-order chi connectivity index (χ0) is 15.0. The molecule has 1 N–H and O–H groups in total. The summed E-state index contributed by atoms with van der Waals surface area (Å²) in [6.07, 6.45) is -6.58. The minimum Gasteiger partial charge on any atom is -0.444 e. The second kappa shape index (κ2) is 5.03. The van der Waals surface area contributed by atoms with Crippen LogP contribution in [0.1, 0.15) is 20.8 Å². The lowest BCUT2D eigenvalue weighted by Crippen LogP contribution is -2.36. The number of nitrogens with zero attached hydrogens (tertiary/aromatic N) is 1. The van der Waals surface area contributed by atoms with Gasteiger partial charge < -0.3 is 14.7 Å². The Morgan fingerprint density at radius 3 is 2.26 bits per heavy atom. The van der Waals surface area contributed by atoms with E-state index in [2.05, 4.69) is 6.58 Å². The molecule has 1 aliphatic heterocycles. The Balaban J connectivity index is 2.70. The van der Waals surface area contributed by atoms with Gasteiger partial charge in [-0.2, -0.15) is 13.2 Å². The quantitative estimate of drug-likeness (QED) is 0.750. The molecular weight excluding hydrogens is 263 g/mol. The van der Waals surface area contributed by atoms with Crippen LogP contribution >= 0.6 is 0 Å². The molecule has 1 saturated heterocycles. The van der Waals surface area contributed by atoms with Gasteiger partial charge in [0.25, 0.3) is 0 Å². The summed E-state index contributed by atoms with van der Waals surface area (Å²) in [5.41, 5.74) is -1.76. The van der Waals surface area contributed by atoms with Crippen molar-refractivity contribution in [1.29, 1.82) is 0 Å². The zero-order valence-corrected chi connectivity index (χ0v) is 11.1. The van der Waals surface area contributed by atoms with Gasteiger partial charge in [-0.05, 0) is 20.8 Å². The maximum Gasteiger partial charge on any atom is 0.412 e. The average Bonchev–Trinajstić information content (AvgIpc) is 2.55. The summed E-state index contributed by atoms with van der Waals surface area (Å²) in [4.78, 5) is 12.8. The molecule has 1 fully saturated rings. The fourth-order valence-corrected chi connectivity index (χ4v) is 1.81. The highest BCUT2D eigenvalue weighted by molar-refractivity contribution is 5.68. The first kappa shape index (κ1) is 15.8. The van der Waals surface area contributed by atoms with Gasteiger partial charge in [0.15, 0.2) is 0 Å². The van der Waals surface area contributed by atoms with Gasteiger partial charge in [0, 0.05) is 18.0 Å². The van der Waals surface area contributed by atoms with Crippen LogP contribution in [0.5, 0.6) is 0 Å². The number of carbonyl (C=O) groups excluding carboxylic acids is 1. The van der Waals surface area contributed by atoms with E-state index in [1.807, 2.05) is 0 Å². The Morgan fingerprint density at radius 2 is 1.84 bits per heavy atom. The molecule has 0 radical (unpaired) electrons. The maximum absolute atomic E-state index is 12.5. The fourth-order valence-electron chi connectivity index (χ4n) is 1.81. The van der Waals surface area contributed by atoms with Crippen LogP contribution in [0.3, 0.4) is 0 Å². The molecule has 19 heavy (non-hydrogen) atoms. The van der Waals surface area contributed by atoms with Crippen molar-refractivity contribution in [2.45, 2.75) is 38.7 Å². The molecule has 1 aliphatic rings. The number of ether oxygens (including phenoxy) is 1. The van der Waals surface area contributed by atoms with E-state index in [9.17, 15) is 23.1 Å². The van der Waals surface area contributed by atoms with E-state index < -0.39 is 35.5 Å². The molecule has 0 aliphatic carbocycles. The Hall–Kier alpha value is -1.24. The molecule has 110 valence electrons. The second-order valence-electron chi connectivity index (χ2n) is 5.58. The van der Waals surface area contributed by atoms with Crippen molar-refractivity contribution in [2.24, 2.45) is 5.92 Å². The van der Waals surface area contributed by atoms with Gasteiger partial charge in [-0.1, -0.05) is 6.58 Å². The van der Waals surface area contributed by atoms with E-state index in [0.717, 1.165) is 4.90 Å². The van der Waals surface area contributed by atoms with Crippen LogP contribution in [-0.4, -0.2) is 47.1 Å². The summed E-state index contributed by atoms with van der Waals surface area (Å²) >= 11 is 0. The number of amides is 1. The van der Waals surface area contributed by atoms with Crippen LogP contribution in [0.15, 0.2) is 12.2 Å². The van der Waals surface area contributed by atoms with Gasteiger partial charge in [0.1, 0.15) is 5.60 Å². The van der Waals surface area contributed by atoms with E-state index in [4.69, 9.17) is 4.74 Å². The Morgan fingerprint density at radius 1 is 1.32 bits per heavy atom. The van der Waals surface area contributed by atoms with Gasteiger partial charge in [-0.3, -0.25) is 0 Å². The number of aliphatic hydroxyl groups excluding tert-OH is 1. The van der Waals surface area contributed by atoms with E-state index >= 15 is 0 Å². The van der Waals surface area contributed by atoms with E-state index in [1.165, 1.54) is 0 Å². The van der Waals surface area contributed by atoms with Crippen LogP contribution in [0, 0.1) is 5.92 Å². The average molecular weight is 281 g/mol. The van der Waals surface area contributed by atoms with Crippen molar-refractivity contribution in [3.63, 3.8) is 0 Å². The summed E-state index contributed by atoms with van der Waals surface area (Å²) in [6, 6.07) is 0. The van der Waals surface area contributed by atoms with Crippen molar-refractivity contribution >= 4 is 6.09 Å². The van der Waals surface area contributed by atoms with Crippen molar-refractivity contribution in [3.8, 4) is 0 Å². The molecule has 2 atom stereocenters. The Labute approximate surface area is 109 Å². The molecule has 1 heterocycles. The smallest absolute Gasteiger partial charge is 0.412 e. The number of halogens is 3. The topological polar surface area (TPSA) is 49.8 Å². The van der Waals surface area contributed by atoms with Crippen molar-refractivity contribution in [3.05, 3.63) is 12.2 Å². The molecule has 0 bridgehead atoms. The Kier molecular flexibility index (Phi) is 4.19. The van der Waals surface area contributed by atoms with Crippen molar-refractivity contribution in [1.82, 2.24) is 4.90 Å². The summed E-state index contributed by atoms with van der Waals surface area (Å²) in [7, 11) is 0. The first-order chi connectivity index (χ1) is 8.42. The highest BCUT2D eigenvalue weighted by atomic mass is 19.4. The third-order valence-corrected chi connectivity index (χ3v) is 2.75. The minimum atomic E-state index is -4.57. The van der Waals surface area contributed by atoms with Crippen LogP contribution in [0.2, 0.25) is 0 Å². The summed E-state index contributed by atoms with van der Waals surface area (Å²) in [5, 5.41) is 9.63. The molecular formula is C12H18F3NO3. The number of β-amino-alcohol motifs (C(OH)–C–C–N with tert-alkyl or cyclic N) is 1. The first-order valence-corrected chi connectivity index (χ1v) is 5.84. The first-order valence-electron chi connectivity index (χ1n) is 5.84. The molecule has 0 saturated carbocycles. The van der Waals surface area contributed by atoms with Gasteiger partial charge in [0.05, 0.1) is 12.6 Å². The zero-order valence-electron chi connectivity index (χ0n) is 11.1. The standard InChI is InChI=1S/C12H18F3NO3/c1-7(12(13,14)15)8-5-16(6-9(8)17)10(18)19-11(2,3)4/h8-9,17H,1,5-6H2,2-4H3. The van der Waals surface area contributed by atoms with Crippen LogP contribution < -0.4 is 0 Å². The maximum atomic E-state index is 12.5. The predicted octanol–water partition coefficient (Wildman–Crippen LogP) is 2.33. The predicted molar refractivity (Wildman–Crippen MR) is 62.5 cm³/mol. The molecule has 1 amide bonds. The monoisotopic (exact) mass is 281 g/mol. The third kappa shape index (κ3) is 4.12. The van der Waals surface area contributed by atoms with Crippen molar-refractivity contribution < 1.29 is 27.8 Å². The normalized spacial score (nSPS) is 24.5. The number of hydrogen-bond acceptors (Lipinski definition) is 3. The molecule has 0 aromatic rings. The number of likely N-dealkylation sites (tertiary alicyclic amines) is 1. The summed E-state index contributed by atoms with van der Waals surface area (Å²) < 4.78 is 42.6. The molecule has 4 nitrogen and oxygen atoms in total. The number of aliphatic hydroxyl groups is 1. The number of carbonyl (C=O) groups is 1.